The molecule has 4 rings (SSSR count). The zero-order valence-electron chi connectivity index (χ0n) is 16.9. The van der Waals surface area contributed by atoms with Crippen molar-refractivity contribution in [1.82, 2.24) is 24.0 Å². The van der Waals surface area contributed by atoms with Crippen LogP contribution in [0, 0.1) is 0 Å². The van der Waals surface area contributed by atoms with Gasteiger partial charge in [0.25, 0.3) is 5.56 Å². The number of H-pyrrole nitrogens is 1. The van der Waals surface area contributed by atoms with Gasteiger partial charge >= 0.3 is 17.8 Å². The maximum Gasteiger partial charge on any atom is 0.407 e. The van der Waals surface area contributed by atoms with Gasteiger partial charge in [0, 0.05) is 26.2 Å². The third-order valence-corrected chi connectivity index (χ3v) is 5.54. The van der Waals surface area contributed by atoms with Crippen molar-refractivity contribution < 1.29 is 19.4 Å². The number of ether oxygens (including phenoxy) is 1. The summed E-state index contributed by atoms with van der Waals surface area (Å²) in [5.41, 5.74) is -1.05. The first-order valence-corrected chi connectivity index (χ1v) is 9.99. The number of fused-ring (bicyclic) bond motifs is 1. The first-order valence-electron chi connectivity index (χ1n) is 9.62. The van der Waals surface area contributed by atoms with Gasteiger partial charge in [0.2, 0.25) is 5.95 Å². The van der Waals surface area contributed by atoms with Crippen LogP contribution in [-0.4, -0.2) is 74.5 Å². The van der Waals surface area contributed by atoms with Gasteiger partial charge in [-0.25, -0.2) is 9.59 Å². The number of hydrogen-bond acceptors (Lipinski definition) is 7. The molecule has 3 aromatic rings. The number of methoxy groups -OCH3 is 1. The van der Waals surface area contributed by atoms with Crippen LogP contribution in [0.25, 0.3) is 16.9 Å². The molecule has 1 aromatic carbocycles. The van der Waals surface area contributed by atoms with E-state index >= 15 is 0 Å². The Labute approximate surface area is 185 Å². The Kier molecular flexibility index (Phi) is 5.61. The summed E-state index contributed by atoms with van der Waals surface area (Å²) < 4.78 is 7.20. The molecule has 1 aliphatic rings. The molecule has 1 saturated heterocycles. The number of rotatable bonds is 4. The SMILES string of the molecule is COC(=O)Cn1c(=O)[nH]c(=O)c2c1nc(N1CCN(C(=O)O)CC1)n2-c1ccccc1Cl. The number of carbonyl (C=O) groups is 2. The molecule has 12 nitrogen and oxygen atoms in total. The van der Waals surface area contributed by atoms with E-state index in [2.05, 4.69) is 14.7 Å². The van der Waals surface area contributed by atoms with E-state index in [1.165, 1.54) is 16.6 Å². The van der Waals surface area contributed by atoms with Gasteiger partial charge in [0.1, 0.15) is 6.54 Å². The highest BCUT2D eigenvalue weighted by atomic mass is 35.5. The molecule has 2 N–H and O–H groups in total. The number of aromatic nitrogens is 4. The Morgan fingerprint density at radius 2 is 1.88 bits per heavy atom. The van der Waals surface area contributed by atoms with Gasteiger partial charge in [0.05, 0.1) is 17.8 Å². The molecule has 0 unspecified atom stereocenters. The van der Waals surface area contributed by atoms with Gasteiger partial charge in [0.15, 0.2) is 11.2 Å². The summed E-state index contributed by atoms with van der Waals surface area (Å²) in [4.78, 5) is 58.3. The summed E-state index contributed by atoms with van der Waals surface area (Å²) >= 11 is 6.41. The molecule has 0 bridgehead atoms. The molecule has 0 spiro atoms. The number of aromatic amines is 1. The molecule has 0 aliphatic carbocycles. The molecule has 3 heterocycles. The fraction of sp³-hybridized carbons (Fsp3) is 0.316. The number of piperazine rings is 1. The van der Waals surface area contributed by atoms with E-state index in [9.17, 15) is 24.3 Å². The molecule has 1 aliphatic heterocycles. The minimum atomic E-state index is -1.02. The van der Waals surface area contributed by atoms with Crippen molar-refractivity contribution in [2.75, 3.05) is 38.2 Å². The van der Waals surface area contributed by atoms with Gasteiger partial charge in [-0.3, -0.25) is 23.7 Å². The summed E-state index contributed by atoms with van der Waals surface area (Å²) in [7, 11) is 1.19. The Hall–Kier alpha value is -3.80. The second-order valence-electron chi connectivity index (χ2n) is 7.05. The summed E-state index contributed by atoms with van der Waals surface area (Å²) in [5, 5.41) is 9.57. The molecule has 0 saturated carbocycles. The van der Waals surface area contributed by atoms with Crippen LogP contribution in [0.5, 0.6) is 0 Å². The molecule has 2 aromatic heterocycles. The third-order valence-electron chi connectivity index (χ3n) is 5.22. The van der Waals surface area contributed by atoms with Crippen LogP contribution in [0.1, 0.15) is 0 Å². The van der Waals surface area contributed by atoms with Crippen molar-refractivity contribution in [2.24, 2.45) is 0 Å². The maximum absolute atomic E-state index is 12.9. The molecule has 32 heavy (non-hydrogen) atoms. The Balaban J connectivity index is 1.96. The molecular formula is C19H19ClN6O6. The predicted molar refractivity (Wildman–Crippen MR) is 115 cm³/mol. The van der Waals surface area contributed by atoms with E-state index in [1.807, 2.05) is 0 Å². The van der Waals surface area contributed by atoms with Gasteiger partial charge in [-0.2, -0.15) is 4.98 Å². The fourth-order valence-electron chi connectivity index (χ4n) is 3.62. The molecular weight excluding hydrogens is 444 g/mol. The van der Waals surface area contributed by atoms with Crippen molar-refractivity contribution in [3.05, 3.63) is 50.1 Å². The monoisotopic (exact) mass is 462 g/mol. The smallest absolute Gasteiger partial charge is 0.407 e. The summed E-state index contributed by atoms with van der Waals surface area (Å²) in [6, 6.07) is 6.80. The van der Waals surface area contributed by atoms with Crippen LogP contribution in [0.2, 0.25) is 5.02 Å². The molecule has 0 atom stereocenters. The second-order valence-corrected chi connectivity index (χ2v) is 7.46. The standard InChI is InChI=1S/C19H19ClN6O6/c1-32-13(27)10-25-15-14(16(28)22-18(25)29)26(12-5-3-2-4-11(12)20)17(21-15)23-6-8-24(9-7-23)19(30)31/h2-5H,6-10H2,1H3,(H,30,31)(H,22,28,29). The van der Waals surface area contributed by atoms with E-state index < -0.39 is 29.9 Å². The lowest BCUT2D eigenvalue weighted by Crippen LogP contribution is -2.49. The van der Waals surface area contributed by atoms with Gasteiger partial charge in [-0.15, -0.1) is 0 Å². The lowest BCUT2D eigenvalue weighted by molar-refractivity contribution is -0.141. The van der Waals surface area contributed by atoms with E-state index in [1.54, 1.807) is 29.2 Å². The van der Waals surface area contributed by atoms with Gasteiger partial charge in [-0.1, -0.05) is 23.7 Å². The summed E-state index contributed by atoms with van der Waals surface area (Å²) in [6.45, 7) is 0.617. The quantitative estimate of drug-likeness (QED) is 0.534. The van der Waals surface area contributed by atoms with E-state index in [4.69, 9.17) is 11.6 Å². The molecule has 0 radical (unpaired) electrons. The Morgan fingerprint density at radius 3 is 2.50 bits per heavy atom. The van der Waals surface area contributed by atoms with Gasteiger partial charge in [-0.05, 0) is 12.1 Å². The summed E-state index contributed by atoms with van der Waals surface area (Å²) in [5.74, 6) is -0.391. The number of carbonyl (C=O) groups excluding carboxylic acids is 1. The first-order chi connectivity index (χ1) is 15.3. The number of imidazole rings is 1. The fourth-order valence-corrected chi connectivity index (χ4v) is 3.84. The van der Waals surface area contributed by atoms with Crippen LogP contribution in [0.4, 0.5) is 10.7 Å². The van der Waals surface area contributed by atoms with Gasteiger partial charge < -0.3 is 19.6 Å². The Bertz CT molecular complexity index is 1320. The van der Waals surface area contributed by atoms with Crippen molar-refractivity contribution in [3.8, 4) is 5.69 Å². The predicted octanol–water partition coefficient (Wildman–Crippen LogP) is 0.502. The molecule has 1 fully saturated rings. The van der Waals surface area contributed by atoms with Crippen LogP contribution >= 0.6 is 11.6 Å². The molecule has 168 valence electrons. The van der Waals surface area contributed by atoms with Crippen molar-refractivity contribution >= 4 is 40.8 Å². The summed E-state index contributed by atoms with van der Waals surface area (Å²) in [6.07, 6.45) is -1.02. The van der Waals surface area contributed by atoms with Crippen LogP contribution in [-0.2, 0) is 16.1 Å². The number of para-hydroxylation sites is 1. The number of nitrogens with one attached hydrogen (secondary N) is 1. The number of halogens is 1. The average Bonchev–Trinajstić information content (AvgIpc) is 3.17. The number of carboxylic acid groups (broad SMARTS) is 1. The van der Waals surface area contributed by atoms with Crippen LogP contribution < -0.4 is 16.1 Å². The highest BCUT2D eigenvalue weighted by molar-refractivity contribution is 6.32. The normalized spacial score (nSPS) is 14.1. The number of amides is 1. The van der Waals surface area contributed by atoms with Crippen molar-refractivity contribution in [3.63, 3.8) is 0 Å². The number of nitrogens with zero attached hydrogens (tertiary/aromatic N) is 5. The molecule has 13 heteroatoms. The maximum atomic E-state index is 12.9. The number of hydrogen-bond donors (Lipinski definition) is 2. The lowest BCUT2D eigenvalue weighted by Gasteiger charge is -2.34. The number of esters is 1. The lowest BCUT2D eigenvalue weighted by atomic mass is 10.3. The largest absolute Gasteiger partial charge is 0.468 e. The second kappa shape index (κ2) is 8.38. The topological polar surface area (TPSA) is 143 Å². The minimum Gasteiger partial charge on any atom is -0.468 e. The number of anilines is 1. The van der Waals surface area contributed by atoms with E-state index in [0.29, 0.717) is 29.7 Å². The van der Waals surface area contributed by atoms with E-state index in [-0.39, 0.29) is 24.3 Å². The molecule has 1 amide bonds. The number of benzene rings is 1. The van der Waals surface area contributed by atoms with Crippen LogP contribution in [0.3, 0.4) is 0 Å². The minimum absolute atomic E-state index is 0.0141. The Morgan fingerprint density at radius 1 is 1.19 bits per heavy atom. The first kappa shape index (κ1) is 21.4. The highest BCUT2D eigenvalue weighted by Gasteiger charge is 2.28. The van der Waals surface area contributed by atoms with Crippen molar-refractivity contribution in [2.45, 2.75) is 6.54 Å². The highest BCUT2D eigenvalue weighted by Crippen LogP contribution is 2.29. The zero-order chi connectivity index (χ0) is 23.0. The average molecular weight is 463 g/mol. The zero-order valence-corrected chi connectivity index (χ0v) is 17.7. The van der Waals surface area contributed by atoms with Crippen LogP contribution in [0.15, 0.2) is 33.9 Å². The van der Waals surface area contributed by atoms with E-state index in [0.717, 1.165) is 4.57 Å². The van der Waals surface area contributed by atoms with Crippen molar-refractivity contribution in [1.29, 1.82) is 0 Å². The third kappa shape index (κ3) is 3.68.